The van der Waals surface area contributed by atoms with Crippen molar-refractivity contribution >= 4 is 8.03 Å². The zero-order chi connectivity index (χ0) is 15.1. The Balaban J connectivity index is 3.53. The molecular formula is C17H36O2P+. The largest absolute Gasteiger partial charge is 0.508 e. The van der Waals surface area contributed by atoms with Crippen LogP contribution in [0.5, 0.6) is 0 Å². The van der Waals surface area contributed by atoms with Gasteiger partial charge in [-0.05, 0) is 30.2 Å². The molecule has 0 saturated heterocycles. The van der Waals surface area contributed by atoms with Crippen molar-refractivity contribution < 1.29 is 9.46 Å². The van der Waals surface area contributed by atoms with Gasteiger partial charge in [0, 0.05) is 0 Å². The van der Waals surface area contributed by atoms with E-state index in [2.05, 4.69) is 13.8 Å². The van der Waals surface area contributed by atoms with Crippen molar-refractivity contribution in [2.45, 2.75) is 109 Å². The minimum atomic E-state index is -1.97. The van der Waals surface area contributed by atoms with E-state index in [4.69, 9.17) is 0 Å². The molecule has 3 heteroatoms. The summed E-state index contributed by atoms with van der Waals surface area (Å²) in [4.78, 5) is 9.40. The quantitative estimate of drug-likeness (QED) is 0.273. The predicted molar refractivity (Wildman–Crippen MR) is 89.6 cm³/mol. The maximum absolute atomic E-state index is 11.4. The fourth-order valence-electron chi connectivity index (χ4n) is 2.69. The van der Waals surface area contributed by atoms with E-state index in [0.717, 1.165) is 25.7 Å². The molecule has 1 atom stereocenters. The molecule has 0 radical (unpaired) electrons. The molecule has 0 bridgehead atoms. The normalized spacial score (nSPS) is 12.1. The van der Waals surface area contributed by atoms with Gasteiger partial charge in [0.2, 0.25) is 0 Å². The van der Waals surface area contributed by atoms with Crippen LogP contribution in [-0.2, 0) is 4.57 Å². The van der Waals surface area contributed by atoms with Gasteiger partial charge < -0.3 is 0 Å². The summed E-state index contributed by atoms with van der Waals surface area (Å²) in [6.45, 7) is 4.46. The van der Waals surface area contributed by atoms with Crippen molar-refractivity contribution in [2.24, 2.45) is 0 Å². The van der Waals surface area contributed by atoms with Crippen LogP contribution in [0.4, 0.5) is 0 Å². The van der Waals surface area contributed by atoms with Gasteiger partial charge in [0.25, 0.3) is 0 Å². The van der Waals surface area contributed by atoms with Crippen LogP contribution in [0.1, 0.15) is 104 Å². The third-order valence-corrected chi connectivity index (χ3v) is 5.24. The molecule has 0 aliphatic heterocycles. The van der Waals surface area contributed by atoms with Crippen LogP contribution >= 0.6 is 8.03 Å². The SMILES string of the molecule is CCCCCCCCC(CCCCCCCC)[P+](=O)O. The third kappa shape index (κ3) is 13.1. The number of rotatable bonds is 15. The molecule has 1 N–H and O–H groups in total. The lowest BCUT2D eigenvalue weighted by Crippen LogP contribution is -2.02. The van der Waals surface area contributed by atoms with E-state index in [-0.39, 0.29) is 5.66 Å². The lowest BCUT2D eigenvalue weighted by molar-refractivity contribution is 0.461. The molecule has 0 spiro atoms. The Morgan fingerprint density at radius 3 is 1.40 bits per heavy atom. The monoisotopic (exact) mass is 303 g/mol. The van der Waals surface area contributed by atoms with Crippen LogP contribution in [0.3, 0.4) is 0 Å². The van der Waals surface area contributed by atoms with E-state index in [1.54, 1.807) is 0 Å². The molecule has 0 aliphatic rings. The molecule has 1 unspecified atom stereocenters. The summed E-state index contributed by atoms with van der Waals surface area (Å²) in [6, 6.07) is 0. The first-order valence-electron chi connectivity index (χ1n) is 8.87. The van der Waals surface area contributed by atoms with Crippen molar-refractivity contribution in [3.05, 3.63) is 0 Å². The van der Waals surface area contributed by atoms with Gasteiger partial charge in [-0.15, -0.1) is 0 Å². The van der Waals surface area contributed by atoms with Crippen LogP contribution in [0.25, 0.3) is 0 Å². The van der Waals surface area contributed by atoms with E-state index in [0.29, 0.717) is 0 Å². The Kier molecular flexibility index (Phi) is 15.5. The molecule has 0 rings (SSSR count). The van der Waals surface area contributed by atoms with E-state index >= 15 is 0 Å². The van der Waals surface area contributed by atoms with E-state index < -0.39 is 8.03 Å². The van der Waals surface area contributed by atoms with Gasteiger partial charge in [-0.3, -0.25) is 0 Å². The van der Waals surface area contributed by atoms with Gasteiger partial charge in [-0.2, -0.15) is 4.89 Å². The Morgan fingerprint density at radius 2 is 1.05 bits per heavy atom. The van der Waals surface area contributed by atoms with Gasteiger partial charge in [0.05, 0.1) is 0 Å². The Bertz CT molecular complexity index is 203. The predicted octanol–water partition coefficient (Wildman–Crippen LogP) is 6.59. The number of hydrogen-bond donors (Lipinski definition) is 1. The minimum Gasteiger partial charge on any atom is -0.161 e. The zero-order valence-electron chi connectivity index (χ0n) is 13.8. The minimum absolute atomic E-state index is 0.0577. The highest BCUT2D eigenvalue weighted by atomic mass is 31.1. The lowest BCUT2D eigenvalue weighted by atomic mass is 10.0. The Hall–Kier alpha value is 0.0600. The van der Waals surface area contributed by atoms with Gasteiger partial charge in [-0.1, -0.05) is 78.1 Å². The zero-order valence-corrected chi connectivity index (χ0v) is 14.7. The van der Waals surface area contributed by atoms with E-state index in [9.17, 15) is 9.46 Å². The highest BCUT2D eigenvalue weighted by Crippen LogP contribution is 2.31. The van der Waals surface area contributed by atoms with Crippen molar-refractivity contribution in [3.8, 4) is 0 Å². The highest BCUT2D eigenvalue weighted by Gasteiger charge is 2.27. The first-order valence-corrected chi connectivity index (χ1v) is 10.2. The van der Waals surface area contributed by atoms with Crippen LogP contribution in [-0.4, -0.2) is 10.6 Å². The number of unbranched alkanes of at least 4 members (excludes halogenated alkanes) is 10. The van der Waals surface area contributed by atoms with Gasteiger partial charge in [-0.25, -0.2) is 0 Å². The highest BCUT2D eigenvalue weighted by molar-refractivity contribution is 7.38. The summed E-state index contributed by atoms with van der Waals surface area (Å²) in [7, 11) is -1.97. The summed E-state index contributed by atoms with van der Waals surface area (Å²) >= 11 is 0. The fourth-order valence-corrected chi connectivity index (χ4v) is 3.49. The molecule has 0 aromatic rings. The maximum atomic E-state index is 11.4. The molecule has 0 aliphatic carbocycles. The third-order valence-electron chi connectivity index (χ3n) is 4.09. The molecule has 2 nitrogen and oxygen atoms in total. The smallest absolute Gasteiger partial charge is 0.161 e. The first kappa shape index (κ1) is 20.1. The summed E-state index contributed by atoms with van der Waals surface area (Å²) < 4.78 is 11.4. The molecule has 20 heavy (non-hydrogen) atoms. The molecular weight excluding hydrogens is 267 g/mol. The molecule has 0 amide bonds. The van der Waals surface area contributed by atoms with Crippen molar-refractivity contribution in [1.82, 2.24) is 0 Å². The topological polar surface area (TPSA) is 37.3 Å². The summed E-state index contributed by atoms with van der Waals surface area (Å²) in [5.74, 6) is 0. The van der Waals surface area contributed by atoms with Crippen molar-refractivity contribution in [3.63, 3.8) is 0 Å². The molecule has 0 aromatic carbocycles. The Morgan fingerprint density at radius 1 is 0.700 bits per heavy atom. The summed E-state index contributed by atoms with van der Waals surface area (Å²) in [5.41, 5.74) is 0.0577. The summed E-state index contributed by atoms with van der Waals surface area (Å²) in [6.07, 6.45) is 17.1. The first-order chi connectivity index (χ1) is 9.72. The molecule has 0 aromatic heterocycles. The molecule has 0 saturated carbocycles. The van der Waals surface area contributed by atoms with Gasteiger partial charge >= 0.3 is 8.03 Å². The van der Waals surface area contributed by atoms with E-state index in [1.165, 1.54) is 64.2 Å². The number of hydrogen-bond acceptors (Lipinski definition) is 1. The molecule has 120 valence electrons. The van der Waals surface area contributed by atoms with Crippen LogP contribution in [0.2, 0.25) is 0 Å². The fraction of sp³-hybridized carbons (Fsp3) is 1.00. The standard InChI is InChI=1S/C17H35O2P/c1-3-5-7-9-11-13-15-17(20(18)19)16-14-12-10-8-6-4-2/h17H,3-16H2,1-2H3/p+1. The second-order valence-electron chi connectivity index (χ2n) is 6.07. The van der Waals surface area contributed by atoms with E-state index in [1.807, 2.05) is 0 Å². The second kappa shape index (κ2) is 15.4. The van der Waals surface area contributed by atoms with Gasteiger partial charge in [0.1, 0.15) is 0 Å². The second-order valence-corrected chi connectivity index (χ2v) is 7.40. The van der Waals surface area contributed by atoms with Crippen LogP contribution < -0.4 is 0 Å². The van der Waals surface area contributed by atoms with Crippen LogP contribution in [0, 0.1) is 0 Å². The molecule has 0 heterocycles. The summed E-state index contributed by atoms with van der Waals surface area (Å²) in [5, 5.41) is 0. The van der Waals surface area contributed by atoms with Crippen molar-refractivity contribution in [2.75, 3.05) is 0 Å². The van der Waals surface area contributed by atoms with Crippen molar-refractivity contribution in [1.29, 1.82) is 0 Å². The average Bonchev–Trinajstić information content (AvgIpc) is 2.43. The van der Waals surface area contributed by atoms with Crippen LogP contribution in [0.15, 0.2) is 0 Å². The average molecular weight is 303 g/mol. The lowest BCUT2D eigenvalue weighted by Gasteiger charge is -2.06. The molecule has 0 fully saturated rings. The Labute approximate surface area is 127 Å². The maximum Gasteiger partial charge on any atom is 0.508 e. The van der Waals surface area contributed by atoms with Gasteiger partial charge in [0.15, 0.2) is 5.66 Å².